The largest absolute Gasteiger partial charge is 0.454 e. The molecule has 0 bridgehead atoms. The number of aromatic nitrogens is 1. The molecule has 1 unspecified atom stereocenters. The Balaban J connectivity index is 1.34. The summed E-state index contributed by atoms with van der Waals surface area (Å²) in [6, 6.07) is 21.2. The van der Waals surface area contributed by atoms with E-state index in [9.17, 15) is 9.59 Å². The van der Waals surface area contributed by atoms with Crippen molar-refractivity contribution in [1.29, 1.82) is 0 Å². The van der Waals surface area contributed by atoms with Crippen LogP contribution in [-0.2, 0) is 16.0 Å². The first-order valence-corrected chi connectivity index (χ1v) is 11.9. The van der Waals surface area contributed by atoms with Crippen LogP contribution in [-0.4, -0.2) is 35.0 Å². The standard InChI is InChI=1S/C29H25N3O4/c1-18(33)30-21-10-6-19(7-11-21)8-13-27(34)32-15-14-23-22-4-2-3-5-24(22)31-28(23)29(32)20-9-12-25-26(16-20)36-17-35-25/h2-13,16,29,31H,14-15,17H2,1H3,(H,30,33)/b13-8+. The summed E-state index contributed by atoms with van der Waals surface area (Å²) in [6.07, 6.45) is 4.18. The second-order valence-electron chi connectivity index (χ2n) is 9.00. The summed E-state index contributed by atoms with van der Waals surface area (Å²) >= 11 is 0. The topological polar surface area (TPSA) is 83.7 Å². The van der Waals surface area contributed by atoms with Crippen molar-refractivity contribution in [3.8, 4) is 11.5 Å². The average Bonchev–Trinajstić information content (AvgIpc) is 3.51. The van der Waals surface area contributed by atoms with Gasteiger partial charge in [-0.15, -0.1) is 0 Å². The molecule has 1 aromatic heterocycles. The number of anilines is 1. The first-order chi connectivity index (χ1) is 17.6. The van der Waals surface area contributed by atoms with Gasteiger partial charge in [-0.3, -0.25) is 9.59 Å². The fourth-order valence-corrected chi connectivity index (χ4v) is 5.05. The van der Waals surface area contributed by atoms with Crippen LogP contribution in [0.2, 0.25) is 0 Å². The molecule has 2 amide bonds. The molecule has 3 heterocycles. The normalized spacial score (nSPS) is 16.4. The number of hydrogen-bond acceptors (Lipinski definition) is 4. The minimum atomic E-state index is -0.282. The number of benzene rings is 3. The van der Waals surface area contributed by atoms with Gasteiger partial charge in [0.05, 0.1) is 6.04 Å². The van der Waals surface area contributed by atoms with Gasteiger partial charge in [0.1, 0.15) is 0 Å². The third-order valence-electron chi connectivity index (χ3n) is 6.68. The Morgan fingerprint density at radius 2 is 1.83 bits per heavy atom. The van der Waals surface area contributed by atoms with E-state index in [1.807, 2.05) is 59.5 Å². The van der Waals surface area contributed by atoms with Crippen molar-refractivity contribution in [3.63, 3.8) is 0 Å². The van der Waals surface area contributed by atoms with Crippen LogP contribution in [0.3, 0.4) is 0 Å². The van der Waals surface area contributed by atoms with Gasteiger partial charge in [-0.1, -0.05) is 36.4 Å². The lowest BCUT2D eigenvalue weighted by Crippen LogP contribution is -2.39. The van der Waals surface area contributed by atoms with Crippen molar-refractivity contribution in [1.82, 2.24) is 9.88 Å². The minimum absolute atomic E-state index is 0.0760. The molecule has 7 nitrogen and oxygen atoms in total. The van der Waals surface area contributed by atoms with E-state index in [0.29, 0.717) is 18.0 Å². The van der Waals surface area contributed by atoms with Crippen LogP contribution in [0.4, 0.5) is 5.69 Å². The van der Waals surface area contributed by atoms with E-state index in [0.717, 1.165) is 34.4 Å². The molecule has 0 aliphatic carbocycles. The number of amides is 2. The number of carbonyl (C=O) groups excluding carboxylic acids is 2. The third-order valence-corrected chi connectivity index (χ3v) is 6.68. The van der Waals surface area contributed by atoms with E-state index in [2.05, 4.69) is 22.4 Å². The molecule has 180 valence electrons. The van der Waals surface area contributed by atoms with Crippen LogP contribution in [0.15, 0.2) is 72.8 Å². The Morgan fingerprint density at radius 1 is 1.03 bits per heavy atom. The molecule has 7 heteroatoms. The lowest BCUT2D eigenvalue weighted by Gasteiger charge is -2.35. The molecule has 1 atom stereocenters. The van der Waals surface area contributed by atoms with Crippen molar-refractivity contribution in [2.24, 2.45) is 0 Å². The monoisotopic (exact) mass is 479 g/mol. The summed E-state index contributed by atoms with van der Waals surface area (Å²) in [5.41, 5.74) is 5.90. The summed E-state index contributed by atoms with van der Waals surface area (Å²) in [5, 5.41) is 3.94. The molecular weight excluding hydrogens is 454 g/mol. The number of para-hydroxylation sites is 1. The Kier molecular flexibility index (Phi) is 5.45. The molecular formula is C29H25N3O4. The number of rotatable bonds is 4. The molecule has 4 aromatic rings. The van der Waals surface area contributed by atoms with E-state index < -0.39 is 0 Å². The van der Waals surface area contributed by atoms with Gasteiger partial charge in [-0.2, -0.15) is 0 Å². The quantitative estimate of drug-likeness (QED) is 0.402. The van der Waals surface area contributed by atoms with Crippen LogP contribution in [0.5, 0.6) is 11.5 Å². The maximum atomic E-state index is 13.5. The number of nitrogens with one attached hydrogen (secondary N) is 2. The SMILES string of the molecule is CC(=O)Nc1ccc(/C=C/C(=O)N2CCc3c([nH]c4ccccc34)C2c2ccc3c(c2)OCO3)cc1. The zero-order valence-electron chi connectivity index (χ0n) is 19.8. The fourth-order valence-electron chi connectivity index (χ4n) is 5.05. The molecule has 0 spiro atoms. The number of H-pyrrole nitrogens is 1. The van der Waals surface area contributed by atoms with Gasteiger partial charge >= 0.3 is 0 Å². The first kappa shape index (κ1) is 22.0. The van der Waals surface area contributed by atoms with Gasteiger partial charge < -0.3 is 24.7 Å². The highest BCUT2D eigenvalue weighted by atomic mass is 16.7. The first-order valence-electron chi connectivity index (χ1n) is 11.9. The molecule has 2 aliphatic rings. The highest BCUT2D eigenvalue weighted by Gasteiger charge is 2.34. The van der Waals surface area contributed by atoms with E-state index in [1.165, 1.54) is 17.9 Å². The lowest BCUT2D eigenvalue weighted by atomic mass is 9.92. The number of carbonyl (C=O) groups is 2. The Morgan fingerprint density at radius 3 is 2.67 bits per heavy atom. The van der Waals surface area contributed by atoms with Gasteiger partial charge in [-0.25, -0.2) is 0 Å². The molecule has 6 rings (SSSR count). The van der Waals surface area contributed by atoms with Crippen LogP contribution < -0.4 is 14.8 Å². The van der Waals surface area contributed by atoms with E-state index in [4.69, 9.17) is 9.47 Å². The fraction of sp³-hybridized carbons (Fsp3) is 0.172. The predicted molar refractivity (Wildman–Crippen MR) is 138 cm³/mol. The Bertz CT molecular complexity index is 1500. The van der Waals surface area contributed by atoms with Crippen LogP contribution in [0.25, 0.3) is 17.0 Å². The molecule has 2 aliphatic heterocycles. The number of aromatic amines is 1. The lowest BCUT2D eigenvalue weighted by molar-refractivity contribution is -0.128. The Labute approximate surface area is 208 Å². The summed E-state index contributed by atoms with van der Waals surface area (Å²) < 4.78 is 11.1. The molecule has 0 saturated heterocycles. The maximum Gasteiger partial charge on any atom is 0.247 e. The second-order valence-corrected chi connectivity index (χ2v) is 9.00. The number of hydrogen-bond donors (Lipinski definition) is 2. The molecule has 0 saturated carbocycles. The van der Waals surface area contributed by atoms with E-state index in [-0.39, 0.29) is 24.6 Å². The predicted octanol–water partition coefficient (Wildman–Crippen LogP) is 5.04. The van der Waals surface area contributed by atoms with Crippen LogP contribution in [0.1, 0.15) is 35.3 Å². The van der Waals surface area contributed by atoms with Crippen molar-refractivity contribution >= 4 is 34.5 Å². The second kappa shape index (κ2) is 8.92. The highest BCUT2D eigenvalue weighted by molar-refractivity contribution is 5.94. The average molecular weight is 480 g/mol. The van der Waals surface area contributed by atoms with Crippen molar-refractivity contribution in [3.05, 3.63) is 95.2 Å². The van der Waals surface area contributed by atoms with Gasteiger partial charge in [0, 0.05) is 41.8 Å². The van der Waals surface area contributed by atoms with Gasteiger partial charge in [-0.05, 0) is 59.5 Å². The highest BCUT2D eigenvalue weighted by Crippen LogP contribution is 2.42. The zero-order valence-corrected chi connectivity index (χ0v) is 19.8. The van der Waals surface area contributed by atoms with E-state index in [1.54, 1.807) is 12.2 Å². The van der Waals surface area contributed by atoms with Crippen LogP contribution in [0, 0.1) is 0 Å². The summed E-state index contributed by atoms with van der Waals surface area (Å²) in [4.78, 5) is 30.3. The van der Waals surface area contributed by atoms with E-state index >= 15 is 0 Å². The summed E-state index contributed by atoms with van der Waals surface area (Å²) in [5.74, 6) is 1.21. The minimum Gasteiger partial charge on any atom is -0.454 e. The summed E-state index contributed by atoms with van der Waals surface area (Å²) in [6.45, 7) is 2.27. The molecule has 2 N–H and O–H groups in total. The molecule has 0 radical (unpaired) electrons. The van der Waals surface area contributed by atoms with Crippen molar-refractivity contribution < 1.29 is 19.1 Å². The molecule has 36 heavy (non-hydrogen) atoms. The van der Waals surface area contributed by atoms with Gasteiger partial charge in [0.25, 0.3) is 0 Å². The maximum absolute atomic E-state index is 13.5. The van der Waals surface area contributed by atoms with Gasteiger partial charge in [0.2, 0.25) is 18.6 Å². The number of fused-ring (bicyclic) bond motifs is 4. The number of nitrogens with zero attached hydrogens (tertiary/aromatic N) is 1. The van der Waals surface area contributed by atoms with Crippen molar-refractivity contribution in [2.45, 2.75) is 19.4 Å². The Hall–Kier alpha value is -4.52. The van der Waals surface area contributed by atoms with Crippen LogP contribution >= 0.6 is 0 Å². The molecule has 3 aromatic carbocycles. The number of ether oxygens (including phenoxy) is 2. The molecule has 0 fully saturated rings. The smallest absolute Gasteiger partial charge is 0.247 e. The van der Waals surface area contributed by atoms with Crippen molar-refractivity contribution in [2.75, 3.05) is 18.7 Å². The zero-order chi connectivity index (χ0) is 24.6. The summed E-state index contributed by atoms with van der Waals surface area (Å²) in [7, 11) is 0. The van der Waals surface area contributed by atoms with Gasteiger partial charge in [0.15, 0.2) is 11.5 Å². The third kappa shape index (κ3) is 3.98.